The number of nitrogens with one attached hydrogen (secondary N) is 1. The van der Waals surface area contributed by atoms with Gasteiger partial charge in [-0.3, -0.25) is 19.3 Å². The topological polar surface area (TPSA) is 80.6 Å². The highest BCUT2D eigenvalue weighted by molar-refractivity contribution is 8.18. The first-order chi connectivity index (χ1) is 19.5. The average Bonchev–Trinajstić information content (AvgIpc) is 3.41. The fourth-order valence-corrected chi connectivity index (χ4v) is 5.25. The number of carbonyl (C=O) groups is 3. The van der Waals surface area contributed by atoms with E-state index < -0.39 is 35.3 Å². The Kier molecular flexibility index (Phi) is 7.59. The first kappa shape index (κ1) is 28.0. The Morgan fingerprint density at radius 3 is 2.51 bits per heavy atom. The van der Waals surface area contributed by atoms with Crippen LogP contribution >= 0.6 is 11.8 Å². The number of amides is 3. The van der Waals surface area contributed by atoms with Crippen molar-refractivity contribution in [3.05, 3.63) is 100 Å². The van der Waals surface area contributed by atoms with Crippen molar-refractivity contribution in [1.82, 2.24) is 9.47 Å². The van der Waals surface area contributed by atoms with Crippen LogP contribution < -0.4 is 10.1 Å². The molecule has 3 amide bonds. The second-order valence-corrected chi connectivity index (χ2v) is 10.0. The average molecular weight is 584 g/mol. The number of alkyl halides is 3. The number of imide groups is 1. The van der Waals surface area contributed by atoms with Crippen molar-refractivity contribution in [3.63, 3.8) is 0 Å². The quantitative estimate of drug-likeness (QED) is 0.198. The van der Waals surface area contributed by atoms with Crippen LogP contribution in [-0.4, -0.2) is 40.2 Å². The Morgan fingerprint density at radius 1 is 1.05 bits per heavy atom. The van der Waals surface area contributed by atoms with Gasteiger partial charge in [0.1, 0.15) is 18.1 Å². The molecular weight excluding hydrogens is 562 g/mol. The molecule has 1 aromatic heterocycles. The van der Waals surface area contributed by atoms with Crippen LogP contribution in [0.5, 0.6) is 5.75 Å². The largest absolute Gasteiger partial charge is 0.495 e. The summed E-state index contributed by atoms with van der Waals surface area (Å²) in [6.45, 7) is -0.474. The number of hydrogen-bond donors (Lipinski definition) is 1. The van der Waals surface area contributed by atoms with Gasteiger partial charge in [-0.25, -0.2) is 4.39 Å². The molecule has 1 saturated heterocycles. The fourth-order valence-electron chi connectivity index (χ4n) is 4.42. The predicted molar refractivity (Wildman–Crippen MR) is 147 cm³/mol. The van der Waals surface area contributed by atoms with Gasteiger partial charge in [0.25, 0.3) is 11.1 Å². The molecule has 0 aliphatic carbocycles. The van der Waals surface area contributed by atoms with Gasteiger partial charge in [-0.2, -0.15) is 13.2 Å². The van der Waals surface area contributed by atoms with Gasteiger partial charge in [0.15, 0.2) is 0 Å². The van der Waals surface area contributed by atoms with Crippen LogP contribution in [0.15, 0.2) is 77.8 Å². The van der Waals surface area contributed by atoms with Crippen molar-refractivity contribution in [2.45, 2.75) is 12.7 Å². The highest BCUT2D eigenvalue weighted by Gasteiger charge is 2.37. The first-order valence-electron chi connectivity index (χ1n) is 12.2. The summed E-state index contributed by atoms with van der Waals surface area (Å²) in [5, 5.41) is 2.35. The Balaban J connectivity index is 1.37. The van der Waals surface area contributed by atoms with E-state index in [1.54, 1.807) is 24.4 Å². The van der Waals surface area contributed by atoms with E-state index >= 15 is 0 Å². The van der Waals surface area contributed by atoms with E-state index in [9.17, 15) is 31.9 Å². The molecule has 210 valence electrons. The highest BCUT2D eigenvalue weighted by Crippen LogP contribution is 2.36. The van der Waals surface area contributed by atoms with Gasteiger partial charge < -0.3 is 14.6 Å². The zero-order valence-electron chi connectivity index (χ0n) is 21.4. The van der Waals surface area contributed by atoms with Crippen LogP contribution in [0.3, 0.4) is 0 Å². The lowest BCUT2D eigenvalue weighted by Gasteiger charge is -2.16. The molecule has 12 heteroatoms. The van der Waals surface area contributed by atoms with Crippen molar-refractivity contribution >= 4 is 51.5 Å². The van der Waals surface area contributed by atoms with Crippen molar-refractivity contribution < 1.29 is 36.7 Å². The van der Waals surface area contributed by atoms with Crippen LogP contribution in [0.4, 0.5) is 28.0 Å². The zero-order valence-corrected chi connectivity index (χ0v) is 22.2. The summed E-state index contributed by atoms with van der Waals surface area (Å²) >= 11 is 0.638. The number of carbonyl (C=O) groups excluding carboxylic acids is 3. The fraction of sp³-hybridized carbons (Fsp3) is 0.138. The van der Waals surface area contributed by atoms with E-state index in [1.165, 1.54) is 19.3 Å². The molecule has 3 aromatic carbocycles. The molecule has 0 unspecified atom stereocenters. The molecule has 2 heterocycles. The van der Waals surface area contributed by atoms with E-state index in [2.05, 4.69) is 5.32 Å². The Labute approximate surface area is 235 Å². The van der Waals surface area contributed by atoms with Crippen LogP contribution in [0.1, 0.15) is 16.7 Å². The SMILES string of the molecule is COc1ccc(C(F)(F)F)cc1NC(=O)CN1C(=O)S/C(=C\c2cn(Cc3ccccc3F)c3ccccc23)C1=O. The molecule has 0 spiro atoms. The molecule has 0 radical (unpaired) electrons. The van der Waals surface area contributed by atoms with Gasteiger partial charge in [-0.05, 0) is 48.2 Å². The molecule has 1 fully saturated rings. The maximum Gasteiger partial charge on any atom is 0.416 e. The van der Waals surface area contributed by atoms with E-state index in [-0.39, 0.29) is 28.7 Å². The lowest BCUT2D eigenvalue weighted by molar-refractivity contribution is -0.137. The number of nitrogens with zero attached hydrogens (tertiary/aromatic N) is 2. The minimum absolute atomic E-state index is 0.0211. The van der Waals surface area contributed by atoms with Gasteiger partial charge in [0.2, 0.25) is 5.91 Å². The number of hydrogen-bond acceptors (Lipinski definition) is 5. The normalized spacial score (nSPS) is 14.8. The van der Waals surface area contributed by atoms with Crippen LogP contribution in [0, 0.1) is 5.82 Å². The summed E-state index contributed by atoms with van der Waals surface area (Å²) in [5.41, 5.74) is 0.620. The lowest BCUT2D eigenvalue weighted by atomic mass is 10.1. The lowest BCUT2D eigenvalue weighted by Crippen LogP contribution is -2.36. The molecule has 41 heavy (non-hydrogen) atoms. The molecule has 0 atom stereocenters. The van der Waals surface area contributed by atoms with E-state index in [4.69, 9.17) is 4.74 Å². The minimum atomic E-state index is -4.65. The van der Waals surface area contributed by atoms with Gasteiger partial charge in [0.05, 0.1) is 29.8 Å². The minimum Gasteiger partial charge on any atom is -0.495 e. The van der Waals surface area contributed by atoms with Crippen LogP contribution in [-0.2, 0) is 22.3 Å². The third kappa shape index (κ3) is 5.82. The smallest absolute Gasteiger partial charge is 0.416 e. The maximum atomic E-state index is 14.3. The van der Waals surface area contributed by atoms with E-state index in [0.29, 0.717) is 33.9 Å². The number of ether oxygens (including phenoxy) is 1. The van der Waals surface area contributed by atoms with Crippen molar-refractivity contribution in [2.24, 2.45) is 0 Å². The Hall–Kier alpha value is -4.58. The second kappa shape index (κ2) is 11.1. The third-order valence-electron chi connectivity index (χ3n) is 6.38. The van der Waals surface area contributed by atoms with E-state index in [0.717, 1.165) is 23.0 Å². The molecule has 1 aliphatic rings. The van der Waals surface area contributed by atoms with E-state index in [1.807, 2.05) is 28.8 Å². The standard InChI is InChI=1S/C29H21F4N3O4S/c1-40-24-11-10-19(29(31,32)33)13-22(24)34-26(37)16-36-27(38)25(41-28(36)39)12-18-15-35(23-9-5-3-7-20(18)23)14-17-6-2-4-8-21(17)30/h2-13,15H,14,16H2,1H3,(H,34,37)/b25-12-. The molecule has 0 bridgehead atoms. The highest BCUT2D eigenvalue weighted by atomic mass is 32.2. The summed E-state index contributed by atoms with van der Waals surface area (Å²) in [6, 6.07) is 16.3. The first-order valence-corrected chi connectivity index (χ1v) is 13.0. The number of halogens is 4. The summed E-state index contributed by atoms with van der Waals surface area (Å²) in [7, 11) is 1.23. The molecular formula is C29H21F4N3O4S. The monoisotopic (exact) mass is 583 g/mol. The number of methoxy groups -OCH3 is 1. The zero-order chi connectivity index (χ0) is 29.3. The molecule has 1 aliphatic heterocycles. The Morgan fingerprint density at radius 2 is 1.78 bits per heavy atom. The molecule has 4 aromatic rings. The summed E-state index contributed by atoms with van der Waals surface area (Å²) < 4.78 is 60.6. The third-order valence-corrected chi connectivity index (χ3v) is 7.29. The number of fused-ring (bicyclic) bond motifs is 1. The summed E-state index contributed by atoms with van der Waals surface area (Å²) in [5.74, 6) is -1.98. The molecule has 1 N–H and O–H groups in total. The molecule has 0 saturated carbocycles. The van der Waals surface area contributed by atoms with Crippen LogP contribution in [0.2, 0.25) is 0 Å². The van der Waals surface area contributed by atoms with Crippen molar-refractivity contribution in [1.29, 1.82) is 0 Å². The molecule has 5 rings (SSSR count). The number of benzene rings is 3. The number of anilines is 1. The summed E-state index contributed by atoms with van der Waals surface area (Å²) in [4.78, 5) is 39.2. The second-order valence-electron chi connectivity index (χ2n) is 9.05. The Bertz CT molecular complexity index is 1710. The number of aromatic nitrogens is 1. The van der Waals surface area contributed by atoms with Gasteiger partial charge in [0, 0.05) is 28.2 Å². The van der Waals surface area contributed by atoms with Crippen molar-refractivity contribution in [3.8, 4) is 5.75 Å². The number of thioether (sulfide) groups is 1. The van der Waals surface area contributed by atoms with Gasteiger partial charge in [-0.15, -0.1) is 0 Å². The number of rotatable bonds is 7. The summed E-state index contributed by atoms with van der Waals surface area (Å²) in [6.07, 6.45) is -1.38. The maximum absolute atomic E-state index is 14.3. The van der Waals surface area contributed by atoms with Crippen molar-refractivity contribution in [2.75, 3.05) is 19.0 Å². The molecule has 7 nitrogen and oxygen atoms in total. The van der Waals surface area contributed by atoms with Crippen LogP contribution in [0.25, 0.3) is 17.0 Å². The van der Waals surface area contributed by atoms with Gasteiger partial charge >= 0.3 is 6.18 Å². The predicted octanol–water partition coefficient (Wildman–Crippen LogP) is 6.53. The van der Waals surface area contributed by atoms with Gasteiger partial charge in [-0.1, -0.05) is 36.4 Å². The number of para-hydroxylation sites is 1.